The molecule has 0 fully saturated rings. The van der Waals surface area contributed by atoms with Crippen LogP contribution in [-0.4, -0.2) is 22.5 Å². The fourth-order valence-electron chi connectivity index (χ4n) is 1.78. The van der Waals surface area contributed by atoms with Crippen molar-refractivity contribution >= 4 is 23.1 Å². The molecule has 2 amide bonds. The first kappa shape index (κ1) is 15.2. The average molecular weight is 306 g/mol. The van der Waals surface area contributed by atoms with Gasteiger partial charge in [-0.15, -0.1) is 11.3 Å². The molecule has 112 valence electrons. The molecule has 0 spiro atoms. The zero-order valence-electron chi connectivity index (χ0n) is 12.2. The predicted molar refractivity (Wildman–Crippen MR) is 84.1 cm³/mol. The van der Waals surface area contributed by atoms with E-state index in [0.717, 1.165) is 10.7 Å². The zero-order valence-corrected chi connectivity index (χ0v) is 13.0. The first-order chi connectivity index (χ1) is 9.95. The molecular formula is C14H18N4O2S. The number of aromatic nitrogens is 2. The van der Waals surface area contributed by atoms with Gasteiger partial charge < -0.3 is 15.6 Å². The van der Waals surface area contributed by atoms with E-state index in [4.69, 9.17) is 0 Å². The van der Waals surface area contributed by atoms with Gasteiger partial charge in [-0.1, -0.05) is 6.92 Å². The van der Waals surface area contributed by atoms with Gasteiger partial charge in [0.05, 0.1) is 10.7 Å². The Hall–Kier alpha value is -2.15. The third-order valence-corrected chi connectivity index (χ3v) is 4.17. The number of nitrogens with one attached hydrogen (secondary N) is 3. The molecule has 3 N–H and O–H groups in total. The number of thiazole rings is 1. The molecule has 7 heteroatoms. The van der Waals surface area contributed by atoms with Gasteiger partial charge in [0.1, 0.15) is 0 Å². The zero-order chi connectivity index (χ0) is 15.4. The Morgan fingerprint density at radius 2 is 2.24 bits per heavy atom. The molecule has 0 aliphatic rings. The molecule has 2 rings (SSSR count). The molecule has 0 saturated heterocycles. The Labute approximate surface area is 126 Å². The summed E-state index contributed by atoms with van der Waals surface area (Å²) in [6.45, 7) is 6.16. The van der Waals surface area contributed by atoms with Crippen LogP contribution in [0, 0.1) is 13.8 Å². The number of hydrogen-bond acceptors (Lipinski definition) is 4. The maximum Gasteiger partial charge on any atom is 0.319 e. The number of carbonyl (C=O) groups excluding carboxylic acids is 1. The Balaban J connectivity index is 1.87. The Morgan fingerprint density at radius 1 is 1.48 bits per heavy atom. The number of carbonyl (C=O) groups is 1. The number of H-pyrrole nitrogens is 1. The molecule has 0 saturated carbocycles. The lowest BCUT2D eigenvalue weighted by Crippen LogP contribution is -2.32. The van der Waals surface area contributed by atoms with Gasteiger partial charge in [-0.3, -0.25) is 4.79 Å². The summed E-state index contributed by atoms with van der Waals surface area (Å²) < 4.78 is 0. The molecule has 21 heavy (non-hydrogen) atoms. The second-order valence-corrected chi connectivity index (χ2v) is 5.85. The lowest BCUT2D eigenvalue weighted by molar-refractivity contribution is 0.251. The van der Waals surface area contributed by atoms with Crippen molar-refractivity contribution in [3.8, 4) is 0 Å². The van der Waals surface area contributed by atoms with E-state index in [1.54, 1.807) is 24.3 Å². The van der Waals surface area contributed by atoms with E-state index in [-0.39, 0.29) is 17.5 Å². The van der Waals surface area contributed by atoms with Crippen molar-refractivity contribution < 1.29 is 4.79 Å². The van der Waals surface area contributed by atoms with E-state index in [1.807, 2.05) is 19.2 Å². The minimum atomic E-state index is -0.304. The van der Waals surface area contributed by atoms with E-state index >= 15 is 0 Å². The number of aromatic amines is 1. The van der Waals surface area contributed by atoms with E-state index in [1.165, 1.54) is 6.20 Å². The van der Waals surface area contributed by atoms with Crippen molar-refractivity contribution in [2.75, 3.05) is 11.9 Å². The van der Waals surface area contributed by atoms with Crippen LogP contribution < -0.4 is 16.2 Å². The van der Waals surface area contributed by atoms with Gasteiger partial charge >= 0.3 is 6.03 Å². The van der Waals surface area contributed by atoms with Crippen LogP contribution in [0.25, 0.3) is 0 Å². The normalized spacial score (nSPS) is 12.0. The van der Waals surface area contributed by atoms with Gasteiger partial charge in [0.25, 0.3) is 5.56 Å². The summed E-state index contributed by atoms with van der Waals surface area (Å²) in [4.78, 5) is 30.0. The van der Waals surface area contributed by atoms with Gasteiger partial charge in [-0.25, -0.2) is 9.78 Å². The van der Waals surface area contributed by atoms with E-state index in [0.29, 0.717) is 17.8 Å². The standard InChI is InChI=1S/C14H18N4O2S/c1-8-4-11(6-15-12(8)19)18-14(20)16-5-9(2)13-17-10(3)7-21-13/h4,6-7,9H,5H2,1-3H3,(H,15,19)(H2,16,18,20). The summed E-state index contributed by atoms with van der Waals surface area (Å²) in [5, 5.41) is 8.48. The molecule has 0 radical (unpaired) electrons. The van der Waals surface area contributed by atoms with Crippen molar-refractivity contribution in [2.45, 2.75) is 26.7 Å². The molecule has 0 aliphatic carbocycles. The summed E-state index contributed by atoms with van der Waals surface area (Å²) in [6, 6.07) is 1.33. The maximum atomic E-state index is 11.8. The summed E-state index contributed by atoms with van der Waals surface area (Å²) in [7, 11) is 0. The third-order valence-electron chi connectivity index (χ3n) is 2.97. The summed E-state index contributed by atoms with van der Waals surface area (Å²) in [5.41, 5.74) is 1.95. The molecule has 6 nitrogen and oxygen atoms in total. The number of rotatable bonds is 4. The highest BCUT2D eigenvalue weighted by atomic mass is 32.1. The number of amides is 2. The molecular weight excluding hydrogens is 288 g/mol. The fraction of sp³-hybridized carbons (Fsp3) is 0.357. The van der Waals surface area contributed by atoms with Gasteiger partial charge in [0, 0.05) is 35.3 Å². The van der Waals surface area contributed by atoms with Crippen LogP contribution in [0.15, 0.2) is 22.4 Å². The van der Waals surface area contributed by atoms with Crippen LogP contribution in [0.4, 0.5) is 10.5 Å². The van der Waals surface area contributed by atoms with Crippen molar-refractivity contribution in [1.29, 1.82) is 0 Å². The van der Waals surface area contributed by atoms with Crippen molar-refractivity contribution in [3.05, 3.63) is 44.3 Å². The third kappa shape index (κ3) is 4.16. The fourth-order valence-corrected chi connectivity index (χ4v) is 2.63. The number of hydrogen-bond donors (Lipinski definition) is 3. The van der Waals surface area contributed by atoms with Crippen molar-refractivity contribution in [2.24, 2.45) is 0 Å². The highest BCUT2D eigenvalue weighted by molar-refractivity contribution is 7.09. The number of pyridine rings is 1. The number of anilines is 1. The summed E-state index contributed by atoms with van der Waals surface area (Å²) in [6.07, 6.45) is 1.47. The lowest BCUT2D eigenvalue weighted by Gasteiger charge is -2.11. The van der Waals surface area contributed by atoms with Crippen LogP contribution in [0.5, 0.6) is 0 Å². The molecule has 2 aromatic rings. The predicted octanol–water partition coefficient (Wildman–Crippen LogP) is 2.37. The highest BCUT2D eigenvalue weighted by Crippen LogP contribution is 2.18. The topological polar surface area (TPSA) is 86.9 Å². The summed E-state index contributed by atoms with van der Waals surface area (Å²) >= 11 is 1.59. The smallest absolute Gasteiger partial charge is 0.319 e. The molecule has 1 atom stereocenters. The number of urea groups is 1. The van der Waals surface area contributed by atoms with E-state index < -0.39 is 0 Å². The van der Waals surface area contributed by atoms with Crippen molar-refractivity contribution in [3.63, 3.8) is 0 Å². The van der Waals surface area contributed by atoms with Crippen LogP contribution in [-0.2, 0) is 0 Å². The quantitative estimate of drug-likeness (QED) is 0.810. The van der Waals surface area contributed by atoms with Crippen LogP contribution in [0.1, 0.15) is 29.1 Å². The van der Waals surface area contributed by atoms with Crippen LogP contribution in [0.3, 0.4) is 0 Å². The van der Waals surface area contributed by atoms with Gasteiger partial charge in [0.15, 0.2) is 0 Å². The monoisotopic (exact) mass is 306 g/mol. The SMILES string of the molecule is Cc1csc(C(C)CNC(=O)Nc2c[nH]c(=O)c(C)c2)n1. The second-order valence-electron chi connectivity index (χ2n) is 4.96. The molecule has 0 aromatic carbocycles. The summed E-state index contributed by atoms with van der Waals surface area (Å²) in [5.74, 6) is 0.159. The molecule has 2 heterocycles. The van der Waals surface area contributed by atoms with Gasteiger partial charge in [-0.05, 0) is 19.9 Å². The Bertz CT molecular complexity index is 692. The first-order valence-electron chi connectivity index (χ1n) is 6.62. The van der Waals surface area contributed by atoms with Gasteiger partial charge in [0.2, 0.25) is 0 Å². The van der Waals surface area contributed by atoms with Crippen molar-refractivity contribution in [1.82, 2.24) is 15.3 Å². The Morgan fingerprint density at radius 3 is 2.86 bits per heavy atom. The Kier molecular flexibility index (Phi) is 4.74. The van der Waals surface area contributed by atoms with Crippen LogP contribution in [0.2, 0.25) is 0 Å². The number of aryl methyl sites for hydroxylation is 2. The molecule has 2 aromatic heterocycles. The average Bonchev–Trinajstić information content (AvgIpc) is 2.87. The molecule has 0 bridgehead atoms. The minimum absolute atomic E-state index is 0.159. The van der Waals surface area contributed by atoms with Gasteiger partial charge in [-0.2, -0.15) is 0 Å². The maximum absolute atomic E-state index is 11.8. The highest BCUT2D eigenvalue weighted by Gasteiger charge is 2.11. The molecule has 0 aliphatic heterocycles. The first-order valence-corrected chi connectivity index (χ1v) is 7.50. The lowest BCUT2D eigenvalue weighted by atomic mass is 10.2. The largest absolute Gasteiger partial charge is 0.337 e. The molecule has 1 unspecified atom stereocenters. The second kappa shape index (κ2) is 6.53. The number of nitrogens with zero attached hydrogens (tertiary/aromatic N) is 1. The minimum Gasteiger partial charge on any atom is -0.337 e. The van der Waals surface area contributed by atoms with E-state index in [9.17, 15) is 9.59 Å². The van der Waals surface area contributed by atoms with Crippen LogP contribution >= 0.6 is 11.3 Å². The van der Waals surface area contributed by atoms with E-state index in [2.05, 4.69) is 20.6 Å².